The van der Waals surface area contributed by atoms with Crippen molar-refractivity contribution in [1.29, 1.82) is 0 Å². The van der Waals surface area contributed by atoms with Crippen molar-refractivity contribution in [3.63, 3.8) is 0 Å². The van der Waals surface area contributed by atoms with Crippen molar-refractivity contribution in [2.75, 3.05) is 6.54 Å². The SMILES string of the molecule is O=C(O)CCNC(=O)NCc1ccc(Br)cc1C(F)(F)F. The molecule has 0 aliphatic heterocycles. The summed E-state index contributed by atoms with van der Waals surface area (Å²) in [5, 5.41) is 12.9. The summed E-state index contributed by atoms with van der Waals surface area (Å²) in [5.41, 5.74) is -0.929. The van der Waals surface area contributed by atoms with E-state index in [0.29, 0.717) is 0 Å². The van der Waals surface area contributed by atoms with Crippen LogP contribution in [0.1, 0.15) is 17.5 Å². The molecule has 116 valence electrons. The van der Waals surface area contributed by atoms with Gasteiger partial charge < -0.3 is 15.7 Å². The van der Waals surface area contributed by atoms with Crippen LogP contribution in [-0.2, 0) is 17.5 Å². The van der Waals surface area contributed by atoms with Crippen LogP contribution in [0.3, 0.4) is 0 Å². The van der Waals surface area contributed by atoms with E-state index in [1.165, 1.54) is 12.1 Å². The van der Waals surface area contributed by atoms with Crippen LogP contribution in [-0.4, -0.2) is 23.7 Å². The van der Waals surface area contributed by atoms with Crippen molar-refractivity contribution in [3.05, 3.63) is 33.8 Å². The van der Waals surface area contributed by atoms with Gasteiger partial charge in [0.1, 0.15) is 0 Å². The molecule has 2 amide bonds. The first-order valence-electron chi connectivity index (χ1n) is 5.79. The van der Waals surface area contributed by atoms with Crippen LogP contribution in [0, 0.1) is 0 Å². The Labute approximate surface area is 126 Å². The number of halogens is 4. The summed E-state index contributed by atoms with van der Waals surface area (Å²) < 4.78 is 38.8. The number of carboxylic acid groups (broad SMARTS) is 1. The van der Waals surface area contributed by atoms with Crippen LogP contribution < -0.4 is 10.6 Å². The molecule has 0 saturated heterocycles. The fourth-order valence-electron chi connectivity index (χ4n) is 1.49. The number of alkyl halides is 3. The average Bonchev–Trinajstić information content (AvgIpc) is 2.35. The summed E-state index contributed by atoms with van der Waals surface area (Å²) in [5.74, 6) is -1.08. The van der Waals surface area contributed by atoms with Gasteiger partial charge in [-0.2, -0.15) is 13.2 Å². The van der Waals surface area contributed by atoms with Crippen molar-refractivity contribution in [2.45, 2.75) is 19.1 Å². The van der Waals surface area contributed by atoms with E-state index in [1.54, 1.807) is 0 Å². The molecule has 3 N–H and O–H groups in total. The molecule has 0 spiro atoms. The number of amides is 2. The van der Waals surface area contributed by atoms with Gasteiger partial charge in [0.05, 0.1) is 12.0 Å². The number of urea groups is 1. The minimum Gasteiger partial charge on any atom is -0.481 e. The standard InChI is InChI=1S/C12H12BrF3N2O3/c13-8-2-1-7(9(5-8)12(14,15)16)6-18-11(21)17-4-3-10(19)20/h1-2,5H,3-4,6H2,(H,19,20)(H2,17,18,21). The number of benzene rings is 1. The van der Waals surface area contributed by atoms with Gasteiger partial charge in [-0.3, -0.25) is 4.79 Å². The van der Waals surface area contributed by atoms with Gasteiger partial charge in [-0.1, -0.05) is 22.0 Å². The van der Waals surface area contributed by atoms with Gasteiger partial charge >= 0.3 is 18.2 Å². The van der Waals surface area contributed by atoms with E-state index >= 15 is 0 Å². The number of rotatable bonds is 5. The second-order valence-corrected chi connectivity index (χ2v) is 4.97. The molecule has 0 heterocycles. The van der Waals surface area contributed by atoms with Gasteiger partial charge in [-0.25, -0.2) is 4.79 Å². The Morgan fingerprint density at radius 2 is 1.90 bits per heavy atom. The topological polar surface area (TPSA) is 78.4 Å². The lowest BCUT2D eigenvalue weighted by atomic mass is 10.1. The summed E-state index contributed by atoms with van der Waals surface area (Å²) in [4.78, 5) is 21.6. The smallest absolute Gasteiger partial charge is 0.416 e. The zero-order valence-corrected chi connectivity index (χ0v) is 12.2. The molecule has 0 aliphatic rings. The normalized spacial score (nSPS) is 11.0. The first-order chi connectivity index (χ1) is 9.70. The zero-order valence-electron chi connectivity index (χ0n) is 10.6. The number of carboxylic acids is 1. The van der Waals surface area contributed by atoms with Crippen molar-refractivity contribution < 1.29 is 27.9 Å². The molecular weight excluding hydrogens is 357 g/mol. The Kier molecular flexibility index (Phi) is 6.01. The minimum absolute atomic E-state index is 0.0842. The maximum Gasteiger partial charge on any atom is 0.416 e. The number of nitrogens with one attached hydrogen (secondary N) is 2. The largest absolute Gasteiger partial charge is 0.481 e. The first-order valence-corrected chi connectivity index (χ1v) is 6.58. The molecule has 1 aromatic carbocycles. The van der Waals surface area contributed by atoms with Crippen LogP contribution in [0.2, 0.25) is 0 Å². The van der Waals surface area contributed by atoms with Crippen molar-refractivity contribution >= 4 is 27.9 Å². The lowest BCUT2D eigenvalue weighted by Crippen LogP contribution is -2.36. The van der Waals surface area contributed by atoms with Gasteiger partial charge in [0.25, 0.3) is 0 Å². The molecule has 21 heavy (non-hydrogen) atoms. The van der Waals surface area contributed by atoms with E-state index in [9.17, 15) is 22.8 Å². The molecule has 9 heteroatoms. The number of aliphatic carboxylic acids is 1. The molecule has 0 saturated carbocycles. The molecule has 0 atom stereocenters. The summed E-state index contributed by atoms with van der Waals surface area (Å²) in [7, 11) is 0. The fraction of sp³-hybridized carbons (Fsp3) is 0.333. The molecule has 1 aromatic rings. The van der Waals surface area contributed by atoms with Gasteiger partial charge in [-0.05, 0) is 17.7 Å². The van der Waals surface area contributed by atoms with Gasteiger partial charge in [0, 0.05) is 17.6 Å². The third kappa shape index (κ3) is 6.03. The highest BCUT2D eigenvalue weighted by molar-refractivity contribution is 9.10. The summed E-state index contributed by atoms with van der Waals surface area (Å²) in [6.45, 7) is -0.422. The Hall–Kier alpha value is -1.77. The molecule has 0 bridgehead atoms. The first kappa shape index (κ1) is 17.3. The highest BCUT2D eigenvalue weighted by Crippen LogP contribution is 2.33. The molecular formula is C12H12BrF3N2O3. The van der Waals surface area contributed by atoms with E-state index in [4.69, 9.17) is 5.11 Å². The fourth-order valence-corrected chi connectivity index (χ4v) is 1.85. The molecule has 1 rings (SSSR count). The molecule has 0 fully saturated rings. The highest BCUT2D eigenvalue weighted by atomic mass is 79.9. The Morgan fingerprint density at radius 1 is 1.24 bits per heavy atom. The van der Waals surface area contributed by atoms with Crippen LogP contribution >= 0.6 is 15.9 Å². The predicted octanol–water partition coefficient (Wildman–Crippen LogP) is 2.74. The average molecular weight is 369 g/mol. The number of hydrogen-bond donors (Lipinski definition) is 3. The number of carbonyl (C=O) groups is 2. The third-order valence-corrected chi connectivity index (χ3v) is 2.93. The monoisotopic (exact) mass is 368 g/mol. The maximum absolute atomic E-state index is 12.8. The van der Waals surface area contributed by atoms with E-state index in [0.717, 1.165) is 6.07 Å². The Morgan fingerprint density at radius 3 is 2.48 bits per heavy atom. The summed E-state index contributed by atoms with van der Waals surface area (Å²) in [6.07, 6.45) is -4.79. The van der Waals surface area contributed by atoms with E-state index < -0.39 is 23.7 Å². The van der Waals surface area contributed by atoms with Crippen LogP contribution in [0.4, 0.5) is 18.0 Å². The van der Waals surface area contributed by atoms with Crippen molar-refractivity contribution in [2.24, 2.45) is 0 Å². The molecule has 0 unspecified atom stereocenters. The summed E-state index contributed by atoms with van der Waals surface area (Å²) >= 11 is 2.96. The van der Waals surface area contributed by atoms with E-state index in [-0.39, 0.29) is 29.5 Å². The van der Waals surface area contributed by atoms with Crippen LogP contribution in [0.15, 0.2) is 22.7 Å². The number of hydrogen-bond acceptors (Lipinski definition) is 2. The number of carbonyl (C=O) groups excluding carboxylic acids is 1. The van der Waals surface area contributed by atoms with Crippen LogP contribution in [0.5, 0.6) is 0 Å². The van der Waals surface area contributed by atoms with Gasteiger partial charge in [-0.15, -0.1) is 0 Å². The van der Waals surface area contributed by atoms with E-state index in [1.807, 2.05) is 0 Å². The van der Waals surface area contributed by atoms with Crippen LogP contribution in [0.25, 0.3) is 0 Å². The second kappa shape index (κ2) is 7.30. The lowest BCUT2D eigenvalue weighted by Gasteiger charge is -2.14. The molecule has 0 radical (unpaired) electrons. The maximum atomic E-state index is 12.8. The van der Waals surface area contributed by atoms with Gasteiger partial charge in [0.15, 0.2) is 0 Å². The third-order valence-electron chi connectivity index (χ3n) is 2.44. The second-order valence-electron chi connectivity index (χ2n) is 4.05. The minimum atomic E-state index is -4.53. The predicted molar refractivity (Wildman–Crippen MR) is 71.6 cm³/mol. The highest BCUT2D eigenvalue weighted by Gasteiger charge is 2.33. The molecule has 0 aromatic heterocycles. The molecule has 5 nitrogen and oxygen atoms in total. The zero-order chi connectivity index (χ0) is 16.0. The Balaban J connectivity index is 2.63. The van der Waals surface area contributed by atoms with Gasteiger partial charge in [0.2, 0.25) is 0 Å². The lowest BCUT2D eigenvalue weighted by molar-refractivity contribution is -0.138. The quantitative estimate of drug-likeness (QED) is 0.747. The molecule has 0 aliphatic carbocycles. The summed E-state index contributed by atoms with van der Waals surface area (Å²) in [6, 6.07) is 2.89. The van der Waals surface area contributed by atoms with Crippen molar-refractivity contribution in [1.82, 2.24) is 10.6 Å². The van der Waals surface area contributed by atoms with E-state index in [2.05, 4.69) is 26.6 Å². The Bertz CT molecular complexity index is 535. The van der Waals surface area contributed by atoms with Crippen molar-refractivity contribution in [3.8, 4) is 0 Å².